The lowest BCUT2D eigenvalue weighted by atomic mass is 9.40. The smallest absolute Gasteiger partial charge is 0.269 e. The number of hydrogen-bond acceptors (Lipinski definition) is 6. The predicted molar refractivity (Wildman–Crippen MR) is 138 cm³/mol. The minimum absolute atomic E-state index is 0.0404. The number of benzene rings is 2. The van der Waals surface area contributed by atoms with Gasteiger partial charge in [-0.25, -0.2) is 24.3 Å². The first kappa shape index (κ1) is 21.9. The molecule has 8 nitrogen and oxygen atoms in total. The molecule has 0 aliphatic rings. The summed E-state index contributed by atoms with van der Waals surface area (Å²) in [5.41, 5.74) is 1.63. The SMILES string of the molecule is BC(B)(B)C[C@H](Nc1ncnc2[nH]cnc12)c1nc2cccc(F)c2c(=O)n1-c1ccccc1. The van der Waals surface area contributed by atoms with Gasteiger partial charge in [0.15, 0.2) is 11.5 Å². The molecule has 2 aromatic carbocycles. The molecule has 1 atom stereocenters. The number of H-pyrrole nitrogens is 1. The zero-order valence-corrected chi connectivity index (χ0v) is 19.1. The highest BCUT2D eigenvalue weighted by Crippen LogP contribution is 2.32. The van der Waals surface area contributed by atoms with Crippen LogP contribution in [0.1, 0.15) is 18.3 Å². The summed E-state index contributed by atoms with van der Waals surface area (Å²) in [4.78, 5) is 34.4. The summed E-state index contributed by atoms with van der Waals surface area (Å²) in [6, 6.07) is 13.2. The quantitative estimate of drug-likeness (QED) is 0.369. The molecule has 5 aromatic rings. The van der Waals surface area contributed by atoms with Crippen molar-refractivity contribution in [2.45, 2.75) is 17.6 Å². The van der Waals surface area contributed by atoms with Gasteiger partial charge in [0.1, 0.15) is 28.9 Å². The molecule has 0 aliphatic carbocycles. The Kier molecular flexibility index (Phi) is 5.43. The number of nitrogens with zero attached hydrogens (tertiary/aromatic N) is 5. The van der Waals surface area contributed by atoms with E-state index in [-0.39, 0.29) is 10.5 Å². The maximum Gasteiger partial charge on any atom is 0.269 e. The zero-order valence-electron chi connectivity index (χ0n) is 19.1. The van der Waals surface area contributed by atoms with E-state index in [9.17, 15) is 9.18 Å². The summed E-state index contributed by atoms with van der Waals surface area (Å²) in [6.45, 7) is 0. The first-order valence-corrected chi connectivity index (χ1v) is 11.0. The largest absolute Gasteiger partial charge is 0.358 e. The second-order valence-corrected chi connectivity index (χ2v) is 9.36. The molecular formula is C22H21B3FN7O. The molecule has 2 N–H and O–H groups in total. The average molecular weight is 451 g/mol. The Morgan fingerprint density at radius 1 is 1.06 bits per heavy atom. The number of hydrogen-bond donors (Lipinski definition) is 2. The number of fused-ring (bicyclic) bond motifs is 2. The number of halogens is 1. The van der Waals surface area contributed by atoms with Crippen LogP contribution in [-0.2, 0) is 0 Å². The van der Waals surface area contributed by atoms with Crippen molar-refractivity contribution in [2.24, 2.45) is 0 Å². The highest BCUT2D eigenvalue weighted by molar-refractivity contribution is 6.58. The molecule has 5 rings (SSSR count). The van der Waals surface area contributed by atoms with Crippen LogP contribution >= 0.6 is 0 Å². The van der Waals surface area contributed by atoms with Crippen LogP contribution < -0.4 is 10.9 Å². The predicted octanol–water partition coefficient (Wildman–Crippen LogP) is 0.707. The molecule has 0 saturated heterocycles. The van der Waals surface area contributed by atoms with Gasteiger partial charge in [0.05, 0.1) is 47.1 Å². The van der Waals surface area contributed by atoms with Crippen LogP contribution in [0.25, 0.3) is 27.8 Å². The van der Waals surface area contributed by atoms with Crippen molar-refractivity contribution >= 4 is 51.4 Å². The van der Waals surface area contributed by atoms with Gasteiger partial charge in [0.25, 0.3) is 5.56 Å². The van der Waals surface area contributed by atoms with E-state index in [0.717, 1.165) is 0 Å². The third kappa shape index (κ3) is 4.07. The van der Waals surface area contributed by atoms with Gasteiger partial charge in [-0.05, 0) is 30.7 Å². The molecule has 0 unspecified atom stereocenters. The van der Waals surface area contributed by atoms with Gasteiger partial charge >= 0.3 is 0 Å². The lowest BCUT2D eigenvalue weighted by molar-refractivity contribution is 0.620. The normalized spacial score (nSPS) is 12.7. The molecule has 0 radical (unpaired) electrons. The Balaban J connectivity index is 1.77. The molecule has 0 amide bonds. The summed E-state index contributed by atoms with van der Waals surface area (Å²) in [5, 5.41) is 3.27. The van der Waals surface area contributed by atoms with E-state index in [4.69, 9.17) is 4.98 Å². The van der Waals surface area contributed by atoms with Crippen LogP contribution in [0.2, 0.25) is 5.11 Å². The minimum Gasteiger partial charge on any atom is -0.358 e. The molecule has 3 heterocycles. The topological polar surface area (TPSA) is 101 Å². The van der Waals surface area contributed by atoms with Gasteiger partial charge < -0.3 is 10.3 Å². The number of imidazole rings is 1. The maximum absolute atomic E-state index is 14.7. The van der Waals surface area contributed by atoms with Crippen molar-refractivity contribution < 1.29 is 4.39 Å². The Labute approximate surface area is 197 Å². The van der Waals surface area contributed by atoms with Crippen LogP contribution in [0.5, 0.6) is 0 Å². The third-order valence-electron chi connectivity index (χ3n) is 5.54. The number of aromatic nitrogens is 6. The fourth-order valence-electron chi connectivity index (χ4n) is 4.12. The van der Waals surface area contributed by atoms with E-state index in [2.05, 4.69) is 48.8 Å². The highest BCUT2D eigenvalue weighted by atomic mass is 19.1. The molecule has 0 saturated carbocycles. The Hall–Kier alpha value is -3.95. The molecular weight excluding hydrogens is 430 g/mol. The van der Waals surface area contributed by atoms with Crippen molar-refractivity contribution in [2.75, 3.05) is 5.32 Å². The first-order valence-electron chi connectivity index (χ1n) is 11.0. The Morgan fingerprint density at radius 3 is 2.62 bits per heavy atom. The Morgan fingerprint density at radius 2 is 1.85 bits per heavy atom. The van der Waals surface area contributed by atoms with Crippen molar-refractivity contribution in [3.63, 3.8) is 0 Å². The van der Waals surface area contributed by atoms with E-state index in [1.807, 2.05) is 30.3 Å². The molecule has 12 heteroatoms. The fourth-order valence-corrected chi connectivity index (χ4v) is 4.12. The van der Waals surface area contributed by atoms with Crippen LogP contribution in [-0.4, -0.2) is 53.0 Å². The summed E-state index contributed by atoms with van der Waals surface area (Å²) >= 11 is 0. The average Bonchev–Trinajstić information content (AvgIpc) is 3.28. The monoisotopic (exact) mass is 451 g/mol. The molecule has 0 fully saturated rings. The standard InChI is InChI=1S/C22H21B3FN7O/c23-22(24,25)9-15(31-19-17-18(28-10-27-17)29-11-30-19)20-32-14-8-4-7-13(26)16(14)21(34)33(20)12-5-2-1-3-6-12/h1-8,10-11,15H,9,23-25H2,(H2,27,28,29,30,31)/t15-/m0/s1. The number of aromatic amines is 1. The minimum atomic E-state index is -0.597. The molecule has 34 heavy (non-hydrogen) atoms. The number of rotatable bonds is 6. The van der Waals surface area contributed by atoms with Gasteiger partial charge in [-0.15, -0.1) is 5.11 Å². The summed E-state index contributed by atoms with van der Waals surface area (Å²) in [6.07, 6.45) is 3.62. The summed E-state index contributed by atoms with van der Waals surface area (Å²) < 4.78 is 16.2. The molecule has 3 aromatic heterocycles. The van der Waals surface area contributed by atoms with Gasteiger partial charge in [-0.2, -0.15) is 0 Å². The molecule has 0 aliphatic heterocycles. The molecule has 0 bridgehead atoms. The zero-order chi connectivity index (χ0) is 23.9. The van der Waals surface area contributed by atoms with Gasteiger partial charge in [-0.1, -0.05) is 24.3 Å². The lowest BCUT2D eigenvalue weighted by Crippen LogP contribution is -2.31. The lowest BCUT2D eigenvalue weighted by Gasteiger charge is -2.29. The van der Waals surface area contributed by atoms with Crippen molar-refractivity contribution in [3.8, 4) is 5.69 Å². The van der Waals surface area contributed by atoms with Crippen LogP contribution in [0.4, 0.5) is 10.2 Å². The van der Waals surface area contributed by atoms with Gasteiger partial charge in [-0.3, -0.25) is 9.36 Å². The number of para-hydroxylation sites is 1. The van der Waals surface area contributed by atoms with E-state index >= 15 is 0 Å². The van der Waals surface area contributed by atoms with Crippen LogP contribution in [0, 0.1) is 5.82 Å². The van der Waals surface area contributed by atoms with Crippen LogP contribution in [0.15, 0.2) is 66.0 Å². The van der Waals surface area contributed by atoms with Crippen molar-refractivity contribution in [3.05, 3.63) is 83.2 Å². The second-order valence-electron chi connectivity index (χ2n) is 9.36. The maximum atomic E-state index is 14.7. The Bertz CT molecular complexity index is 1550. The van der Waals surface area contributed by atoms with Crippen molar-refractivity contribution in [1.29, 1.82) is 0 Å². The third-order valence-corrected chi connectivity index (χ3v) is 5.54. The molecule has 0 spiro atoms. The van der Waals surface area contributed by atoms with E-state index in [1.54, 1.807) is 18.5 Å². The molecule has 166 valence electrons. The van der Waals surface area contributed by atoms with Gasteiger partial charge in [0, 0.05) is 0 Å². The summed E-state index contributed by atoms with van der Waals surface area (Å²) in [5.74, 6) is 0.390. The van der Waals surface area contributed by atoms with Gasteiger partial charge in [0.2, 0.25) is 0 Å². The van der Waals surface area contributed by atoms with E-state index < -0.39 is 17.4 Å². The van der Waals surface area contributed by atoms with Crippen molar-refractivity contribution in [1.82, 2.24) is 29.5 Å². The van der Waals surface area contributed by atoms with E-state index in [1.165, 1.54) is 17.0 Å². The highest BCUT2D eigenvalue weighted by Gasteiger charge is 2.28. The second kappa shape index (κ2) is 8.44. The van der Waals surface area contributed by atoms with Crippen LogP contribution in [0.3, 0.4) is 0 Å². The summed E-state index contributed by atoms with van der Waals surface area (Å²) in [7, 11) is 6.33. The first-order chi connectivity index (χ1) is 16.3. The fraction of sp³-hybridized carbons (Fsp3) is 0.136. The van der Waals surface area contributed by atoms with E-state index in [0.29, 0.717) is 40.4 Å². The number of nitrogens with one attached hydrogen (secondary N) is 2. The number of anilines is 1.